The summed E-state index contributed by atoms with van der Waals surface area (Å²) >= 11 is 0. The molecule has 4 rings (SSSR count). The largest absolute Gasteiger partial charge is 0.497 e. The summed E-state index contributed by atoms with van der Waals surface area (Å²) in [6, 6.07) is 7.89. The van der Waals surface area contributed by atoms with Crippen molar-refractivity contribution in [2.24, 2.45) is 14.1 Å². The summed E-state index contributed by atoms with van der Waals surface area (Å²) in [5, 5.41) is 0.510. The zero-order valence-corrected chi connectivity index (χ0v) is 16.7. The first-order chi connectivity index (χ1) is 13.4. The second-order valence-electron chi connectivity index (χ2n) is 7.54. The fourth-order valence-electron chi connectivity index (χ4n) is 4.40. The molecule has 1 atom stereocenters. The van der Waals surface area contributed by atoms with E-state index in [1.165, 1.54) is 0 Å². The van der Waals surface area contributed by atoms with Crippen LogP contribution in [0.1, 0.15) is 40.4 Å². The number of aromatic nitrogens is 2. The van der Waals surface area contributed by atoms with Crippen molar-refractivity contribution in [1.82, 2.24) is 14.0 Å². The first-order valence-electron chi connectivity index (χ1n) is 9.52. The summed E-state index contributed by atoms with van der Waals surface area (Å²) in [4.78, 5) is 28.2. The van der Waals surface area contributed by atoms with Gasteiger partial charge >= 0.3 is 0 Å². The first kappa shape index (κ1) is 18.3. The van der Waals surface area contributed by atoms with Gasteiger partial charge in [-0.25, -0.2) is 0 Å². The van der Waals surface area contributed by atoms with Crippen molar-refractivity contribution >= 4 is 16.8 Å². The number of aryl methyl sites for hydroxylation is 3. The molecule has 0 spiro atoms. The van der Waals surface area contributed by atoms with Gasteiger partial charge in [-0.15, -0.1) is 0 Å². The molecule has 0 radical (unpaired) electrons. The maximum absolute atomic E-state index is 13.5. The minimum absolute atomic E-state index is 0.0160. The number of carbonyl (C=O) groups excluding carboxylic acids is 1. The number of carbonyl (C=O) groups is 1. The standard InChI is InChI=1S/C22H25N3O3/c1-14-12-24(3)22(27)19-17(13-23(2)20(14)19)21(26)25-11-5-6-18(25)15-7-9-16(28-4)10-8-15/h7-10,12-13,18H,5-6,11H2,1-4H3. The van der Waals surface area contributed by atoms with Crippen molar-refractivity contribution in [3.8, 4) is 5.75 Å². The lowest BCUT2D eigenvalue weighted by molar-refractivity contribution is 0.0737. The van der Waals surface area contributed by atoms with Gasteiger partial charge in [0.25, 0.3) is 11.5 Å². The second-order valence-corrected chi connectivity index (χ2v) is 7.54. The lowest BCUT2D eigenvalue weighted by Gasteiger charge is -2.25. The highest BCUT2D eigenvalue weighted by atomic mass is 16.5. The van der Waals surface area contributed by atoms with Gasteiger partial charge in [0.05, 0.1) is 29.6 Å². The number of pyridine rings is 1. The molecule has 0 bridgehead atoms. The van der Waals surface area contributed by atoms with E-state index in [-0.39, 0.29) is 17.5 Å². The summed E-state index contributed by atoms with van der Waals surface area (Å²) in [6.45, 7) is 2.66. The van der Waals surface area contributed by atoms with Crippen molar-refractivity contribution in [2.45, 2.75) is 25.8 Å². The van der Waals surface area contributed by atoms with Gasteiger partial charge < -0.3 is 18.8 Å². The predicted molar refractivity (Wildman–Crippen MR) is 109 cm³/mol. The lowest BCUT2D eigenvalue weighted by atomic mass is 10.0. The van der Waals surface area contributed by atoms with Crippen molar-refractivity contribution in [3.05, 3.63) is 63.7 Å². The van der Waals surface area contributed by atoms with Gasteiger partial charge in [0.2, 0.25) is 0 Å². The van der Waals surface area contributed by atoms with E-state index in [0.717, 1.165) is 35.2 Å². The van der Waals surface area contributed by atoms with Gasteiger partial charge in [-0.3, -0.25) is 9.59 Å². The zero-order valence-electron chi connectivity index (χ0n) is 16.7. The number of rotatable bonds is 3. The Balaban J connectivity index is 1.77. The number of fused-ring (bicyclic) bond motifs is 1. The Hall–Kier alpha value is -3.02. The predicted octanol–water partition coefficient (Wildman–Crippen LogP) is 3.17. The SMILES string of the molecule is COc1ccc(C2CCCN2C(=O)c2cn(C)c3c(C)cn(C)c(=O)c23)cc1. The monoisotopic (exact) mass is 379 g/mol. The molecule has 0 saturated carbocycles. The van der Waals surface area contributed by atoms with Gasteiger partial charge in [-0.2, -0.15) is 0 Å². The van der Waals surface area contributed by atoms with Gasteiger partial charge in [-0.05, 0) is 43.0 Å². The second kappa shape index (κ2) is 6.86. The molecule has 3 aromatic rings. The molecule has 1 aliphatic heterocycles. The zero-order chi connectivity index (χ0) is 20.0. The van der Waals surface area contributed by atoms with E-state index < -0.39 is 0 Å². The number of hydrogen-bond acceptors (Lipinski definition) is 3. The Morgan fingerprint density at radius 3 is 2.50 bits per heavy atom. The minimum Gasteiger partial charge on any atom is -0.497 e. The van der Waals surface area contributed by atoms with Crippen LogP contribution in [0.3, 0.4) is 0 Å². The Bertz CT molecular complexity index is 1110. The van der Waals surface area contributed by atoms with Crippen LogP contribution >= 0.6 is 0 Å². The molecule has 1 amide bonds. The van der Waals surface area contributed by atoms with Crippen molar-refractivity contribution in [2.75, 3.05) is 13.7 Å². The third kappa shape index (κ3) is 2.80. The Labute approximate surface area is 163 Å². The number of benzene rings is 1. The van der Waals surface area contributed by atoms with Crippen LogP contribution in [0.2, 0.25) is 0 Å². The number of nitrogens with zero attached hydrogens (tertiary/aromatic N) is 3. The highest BCUT2D eigenvalue weighted by Crippen LogP contribution is 2.35. The van der Waals surface area contributed by atoms with Gasteiger partial charge in [0, 0.05) is 33.0 Å². The van der Waals surface area contributed by atoms with Gasteiger partial charge in [0.1, 0.15) is 5.75 Å². The summed E-state index contributed by atoms with van der Waals surface area (Å²) < 4.78 is 8.68. The molecule has 1 unspecified atom stereocenters. The molecule has 2 aromatic heterocycles. The number of hydrogen-bond donors (Lipinski definition) is 0. The first-order valence-corrected chi connectivity index (χ1v) is 9.52. The molecule has 1 saturated heterocycles. The number of amides is 1. The average Bonchev–Trinajstić information content (AvgIpc) is 3.31. The van der Waals surface area contributed by atoms with Gasteiger partial charge in [-0.1, -0.05) is 12.1 Å². The van der Waals surface area contributed by atoms with E-state index in [1.807, 2.05) is 53.9 Å². The highest BCUT2D eigenvalue weighted by molar-refractivity contribution is 6.07. The van der Waals surface area contributed by atoms with E-state index in [0.29, 0.717) is 17.5 Å². The van der Waals surface area contributed by atoms with Crippen LogP contribution in [-0.4, -0.2) is 33.6 Å². The quantitative estimate of drug-likeness (QED) is 0.702. The number of ether oxygens (including phenoxy) is 1. The lowest BCUT2D eigenvalue weighted by Crippen LogP contribution is -2.31. The maximum atomic E-state index is 13.5. The molecule has 1 fully saturated rings. The Morgan fingerprint density at radius 2 is 1.82 bits per heavy atom. The number of methoxy groups -OCH3 is 1. The smallest absolute Gasteiger partial charge is 0.260 e. The Morgan fingerprint density at radius 1 is 1.11 bits per heavy atom. The van der Waals surface area contributed by atoms with Crippen molar-refractivity contribution in [1.29, 1.82) is 0 Å². The van der Waals surface area contributed by atoms with Gasteiger partial charge in [0.15, 0.2) is 0 Å². The van der Waals surface area contributed by atoms with Crippen LogP contribution in [0.15, 0.2) is 41.5 Å². The molecule has 3 heterocycles. The van der Waals surface area contributed by atoms with Crippen LogP contribution in [0.5, 0.6) is 5.75 Å². The van der Waals surface area contributed by atoms with Crippen LogP contribution in [0.25, 0.3) is 10.9 Å². The molecule has 0 aliphatic carbocycles. The molecule has 6 nitrogen and oxygen atoms in total. The summed E-state index contributed by atoms with van der Waals surface area (Å²) in [5.74, 6) is 0.722. The van der Waals surface area contributed by atoms with E-state index in [4.69, 9.17) is 4.74 Å². The minimum atomic E-state index is -0.134. The van der Waals surface area contributed by atoms with E-state index in [2.05, 4.69) is 0 Å². The summed E-state index contributed by atoms with van der Waals surface area (Å²) in [7, 11) is 5.26. The molecule has 1 aliphatic rings. The van der Waals surface area contributed by atoms with E-state index >= 15 is 0 Å². The number of likely N-dealkylation sites (tertiary alicyclic amines) is 1. The topological polar surface area (TPSA) is 56.5 Å². The molecular formula is C22H25N3O3. The molecular weight excluding hydrogens is 354 g/mol. The van der Waals surface area contributed by atoms with Crippen molar-refractivity contribution in [3.63, 3.8) is 0 Å². The highest BCUT2D eigenvalue weighted by Gasteiger charge is 2.32. The molecule has 28 heavy (non-hydrogen) atoms. The Kier molecular flexibility index (Phi) is 4.49. The molecule has 0 N–H and O–H groups in total. The molecule has 146 valence electrons. The third-order valence-corrected chi connectivity index (χ3v) is 5.72. The van der Waals surface area contributed by atoms with E-state index in [1.54, 1.807) is 24.9 Å². The van der Waals surface area contributed by atoms with Crippen LogP contribution in [0.4, 0.5) is 0 Å². The van der Waals surface area contributed by atoms with Crippen LogP contribution in [0, 0.1) is 6.92 Å². The summed E-state index contributed by atoms with van der Waals surface area (Å²) in [5.41, 5.74) is 3.25. The molecule has 1 aromatic carbocycles. The van der Waals surface area contributed by atoms with Crippen LogP contribution < -0.4 is 10.3 Å². The van der Waals surface area contributed by atoms with Crippen LogP contribution in [-0.2, 0) is 14.1 Å². The maximum Gasteiger partial charge on any atom is 0.260 e. The fraction of sp³-hybridized carbons (Fsp3) is 0.364. The third-order valence-electron chi connectivity index (χ3n) is 5.72. The van der Waals surface area contributed by atoms with E-state index in [9.17, 15) is 9.59 Å². The normalized spacial score (nSPS) is 16.7. The average molecular weight is 379 g/mol. The summed E-state index contributed by atoms with van der Waals surface area (Å²) in [6.07, 6.45) is 5.48. The van der Waals surface area contributed by atoms with Crippen molar-refractivity contribution < 1.29 is 9.53 Å². The fourth-order valence-corrected chi connectivity index (χ4v) is 4.40. The molecule has 6 heteroatoms.